The second-order valence-corrected chi connectivity index (χ2v) is 5.02. The molecule has 0 bridgehead atoms. The maximum atomic E-state index is 12.8. The van der Waals surface area contributed by atoms with Crippen molar-refractivity contribution in [2.24, 2.45) is 0 Å². The lowest BCUT2D eigenvalue weighted by Crippen LogP contribution is -2.42. The molecular formula is C15H20N2O4. The molecule has 0 aromatic carbocycles. The van der Waals surface area contributed by atoms with E-state index in [9.17, 15) is 9.59 Å². The summed E-state index contributed by atoms with van der Waals surface area (Å²) < 4.78 is 9.89. The van der Waals surface area contributed by atoms with Crippen LogP contribution in [0.3, 0.4) is 0 Å². The quantitative estimate of drug-likeness (QED) is 0.772. The Kier molecular flexibility index (Phi) is 5.14. The van der Waals surface area contributed by atoms with E-state index in [0.717, 1.165) is 25.7 Å². The maximum Gasteiger partial charge on any atom is 0.325 e. The molecule has 2 rings (SSSR count). The highest BCUT2D eigenvalue weighted by molar-refractivity contribution is 5.98. The van der Waals surface area contributed by atoms with Crippen molar-refractivity contribution < 1.29 is 19.1 Å². The number of carbonyl (C=O) groups is 2. The van der Waals surface area contributed by atoms with Crippen molar-refractivity contribution in [3.8, 4) is 5.75 Å². The molecule has 1 amide bonds. The van der Waals surface area contributed by atoms with Gasteiger partial charge in [0.05, 0.1) is 26.0 Å². The normalized spacial score (nSPS) is 14.8. The predicted octanol–water partition coefficient (Wildman–Crippen LogP) is 1.65. The Hall–Kier alpha value is -2.11. The molecule has 1 heterocycles. The molecule has 21 heavy (non-hydrogen) atoms. The topological polar surface area (TPSA) is 68.7 Å². The molecule has 1 aromatic heterocycles. The Balaban J connectivity index is 2.26. The summed E-state index contributed by atoms with van der Waals surface area (Å²) >= 11 is 0. The Morgan fingerprint density at radius 1 is 1.33 bits per heavy atom. The largest absolute Gasteiger partial charge is 0.494 e. The van der Waals surface area contributed by atoms with Gasteiger partial charge < -0.3 is 14.4 Å². The molecule has 1 saturated carbocycles. The number of pyridine rings is 1. The lowest BCUT2D eigenvalue weighted by Gasteiger charge is -2.28. The van der Waals surface area contributed by atoms with E-state index in [1.165, 1.54) is 20.4 Å². The first-order chi connectivity index (χ1) is 10.2. The van der Waals surface area contributed by atoms with Crippen LogP contribution in [0, 0.1) is 0 Å². The third kappa shape index (κ3) is 3.51. The number of hydrogen-bond acceptors (Lipinski definition) is 5. The monoisotopic (exact) mass is 292 g/mol. The maximum absolute atomic E-state index is 12.8. The summed E-state index contributed by atoms with van der Waals surface area (Å²) in [6.45, 7) is -0.0362. The molecule has 0 unspecified atom stereocenters. The van der Waals surface area contributed by atoms with E-state index in [1.807, 2.05) is 0 Å². The predicted molar refractivity (Wildman–Crippen MR) is 76.1 cm³/mol. The van der Waals surface area contributed by atoms with Crippen molar-refractivity contribution >= 4 is 11.9 Å². The van der Waals surface area contributed by atoms with Gasteiger partial charge in [0, 0.05) is 12.2 Å². The van der Waals surface area contributed by atoms with Gasteiger partial charge in [0.1, 0.15) is 12.3 Å². The third-order valence-corrected chi connectivity index (χ3v) is 3.79. The zero-order valence-electron chi connectivity index (χ0n) is 12.4. The number of amides is 1. The van der Waals surface area contributed by atoms with Crippen molar-refractivity contribution in [1.82, 2.24) is 9.88 Å². The van der Waals surface area contributed by atoms with Crippen LogP contribution in [0.25, 0.3) is 0 Å². The second kappa shape index (κ2) is 7.06. The van der Waals surface area contributed by atoms with Crippen molar-refractivity contribution in [2.75, 3.05) is 20.8 Å². The molecule has 6 heteroatoms. The molecule has 1 fully saturated rings. The standard InChI is InChI=1S/C15H20N2O4/c1-20-13-9-16-8-7-12(13)15(19)17(10-14(18)21-2)11-5-3-4-6-11/h7-9,11H,3-6,10H2,1-2H3. The van der Waals surface area contributed by atoms with Crippen LogP contribution < -0.4 is 4.74 Å². The highest BCUT2D eigenvalue weighted by Crippen LogP contribution is 2.27. The average Bonchev–Trinajstić information content (AvgIpc) is 3.05. The third-order valence-electron chi connectivity index (χ3n) is 3.79. The Morgan fingerprint density at radius 3 is 2.67 bits per heavy atom. The van der Waals surface area contributed by atoms with Gasteiger partial charge in [-0.3, -0.25) is 14.6 Å². The number of nitrogens with zero attached hydrogens (tertiary/aromatic N) is 2. The van der Waals surface area contributed by atoms with Gasteiger partial charge in [0.25, 0.3) is 5.91 Å². The van der Waals surface area contributed by atoms with Gasteiger partial charge in [0.2, 0.25) is 0 Å². The number of rotatable bonds is 5. The molecule has 0 atom stereocenters. The van der Waals surface area contributed by atoms with Crippen LogP contribution in [0.5, 0.6) is 5.75 Å². The number of carbonyl (C=O) groups excluding carboxylic acids is 2. The van der Waals surface area contributed by atoms with E-state index in [1.54, 1.807) is 17.2 Å². The highest BCUT2D eigenvalue weighted by Gasteiger charge is 2.30. The van der Waals surface area contributed by atoms with Crippen LogP contribution in [0.1, 0.15) is 36.0 Å². The van der Waals surface area contributed by atoms with Crippen molar-refractivity contribution in [3.63, 3.8) is 0 Å². The lowest BCUT2D eigenvalue weighted by molar-refractivity contribution is -0.141. The molecule has 1 aliphatic carbocycles. The number of hydrogen-bond donors (Lipinski definition) is 0. The van der Waals surface area contributed by atoms with Gasteiger partial charge in [-0.05, 0) is 18.9 Å². The van der Waals surface area contributed by atoms with E-state index in [0.29, 0.717) is 11.3 Å². The summed E-state index contributed by atoms with van der Waals surface area (Å²) in [6.07, 6.45) is 7.01. The molecule has 1 aromatic rings. The minimum absolute atomic E-state index is 0.0362. The van der Waals surface area contributed by atoms with Crippen LogP contribution >= 0.6 is 0 Å². The van der Waals surface area contributed by atoms with E-state index in [2.05, 4.69) is 4.98 Å². The van der Waals surface area contributed by atoms with Gasteiger partial charge in [-0.25, -0.2) is 0 Å². The van der Waals surface area contributed by atoms with Crippen LogP contribution in [-0.2, 0) is 9.53 Å². The summed E-state index contributed by atoms with van der Waals surface area (Å²) in [6, 6.07) is 1.69. The molecule has 6 nitrogen and oxygen atoms in total. The minimum atomic E-state index is -0.414. The first-order valence-electron chi connectivity index (χ1n) is 7.03. The lowest BCUT2D eigenvalue weighted by atomic mass is 10.1. The van der Waals surface area contributed by atoms with Crippen molar-refractivity contribution in [2.45, 2.75) is 31.7 Å². The summed E-state index contributed by atoms with van der Waals surface area (Å²) in [7, 11) is 2.82. The summed E-state index contributed by atoms with van der Waals surface area (Å²) in [5.41, 5.74) is 0.420. The average molecular weight is 292 g/mol. The SMILES string of the molecule is COC(=O)CN(C(=O)c1ccncc1OC)C1CCCC1. The number of esters is 1. The number of ether oxygens (including phenoxy) is 2. The van der Waals surface area contributed by atoms with Crippen molar-refractivity contribution in [3.05, 3.63) is 24.0 Å². The summed E-state index contributed by atoms with van der Waals surface area (Å²) in [5.74, 6) is -0.217. The summed E-state index contributed by atoms with van der Waals surface area (Å²) in [4.78, 5) is 29.9. The molecule has 0 radical (unpaired) electrons. The van der Waals surface area contributed by atoms with Crippen LogP contribution in [0.15, 0.2) is 18.5 Å². The van der Waals surface area contributed by atoms with Crippen molar-refractivity contribution in [1.29, 1.82) is 0 Å². The fraction of sp³-hybridized carbons (Fsp3) is 0.533. The first-order valence-corrected chi connectivity index (χ1v) is 7.03. The zero-order chi connectivity index (χ0) is 15.2. The van der Waals surface area contributed by atoms with Crippen LogP contribution in [0.2, 0.25) is 0 Å². The first kappa shape index (κ1) is 15.3. The molecule has 0 aliphatic heterocycles. The van der Waals surface area contributed by atoms with Gasteiger partial charge in [-0.15, -0.1) is 0 Å². The van der Waals surface area contributed by atoms with Gasteiger partial charge >= 0.3 is 5.97 Å². The Morgan fingerprint density at radius 2 is 2.05 bits per heavy atom. The fourth-order valence-electron chi connectivity index (χ4n) is 2.66. The smallest absolute Gasteiger partial charge is 0.325 e. The highest BCUT2D eigenvalue weighted by atomic mass is 16.5. The van der Waals surface area contributed by atoms with E-state index in [4.69, 9.17) is 9.47 Å². The molecule has 1 aliphatic rings. The summed E-state index contributed by atoms with van der Waals surface area (Å²) in [5, 5.41) is 0. The van der Waals surface area contributed by atoms with Gasteiger partial charge in [0.15, 0.2) is 0 Å². The second-order valence-electron chi connectivity index (χ2n) is 5.02. The fourth-order valence-corrected chi connectivity index (χ4v) is 2.66. The number of methoxy groups -OCH3 is 2. The van der Waals surface area contributed by atoms with E-state index >= 15 is 0 Å². The minimum Gasteiger partial charge on any atom is -0.494 e. The molecule has 114 valence electrons. The molecular weight excluding hydrogens is 272 g/mol. The zero-order valence-corrected chi connectivity index (χ0v) is 12.4. The molecule has 0 N–H and O–H groups in total. The van der Waals surface area contributed by atoms with Gasteiger partial charge in [-0.2, -0.15) is 0 Å². The van der Waals surface area contributed by atoms with E-state index in [-0.39, 0.29) is 18.5 Å². The number of aromatic nitrogens is 1. The molecule has 0 spiro atoms. The molecule has 0 saturated heterocycles. The van der Waals surface area contributed by atoms with Gasteiger partial charge in [-0.1, -0.05) is 12.8 Å². The van der Waals surface area contributed by atoms with Crippen LogP contribution in [-0.4, -0.2) is 48.6 Å². The van der Waals surface area contributed by atoms with E-state index < -0.39 is 5.97 Å². The van der Waals surface area contributed by atoms with Crippen LogP contribution in [0.4, 0.5) is 0 Å². The Labute approximate surface area is 124 Å². The Bertz CT molecular complexity index is 512.